The van der Waals surface area contributed by atoms with Crippen molar-refractivity contribution < 1.29 is 9.59 Å². The highest BCUT2D eigenvalue weighted by Gasteiger charge is 2.27. The van der Waals surface area contributed by atoms with Crippen molar-refractivity contribution in [2.24, 2.45) is 0 Å². The van der Waals surface area contributed by atoms with Crippen molar-refractivity contribution in [3.05, 3.63) is 59.7 Å². The fourth-order valence-electron chi connectivity index (χ4n) is 3.59. The molecule has 0 unspecified atom stereocenters. The summed E-state index contributed by atoms with van der Waals surface area (Å²) in [6.45, 7) is 3.09. The van der Waals surface area contributed by atoms with Gasteiger partial charge in [0.2, 0.25) is 5.91 Å². The lowest BCUT2D eigenvalue weighted by molar-refractivity contribution is -0.117. The predicted octanol–water partition coefficient (Wildman–Crippen LogP) is 2.17. The number of hydrogen-bond donors (Lipinski definition) is 0. The van der Waals surface area contributed by atoms with E-state index in [1.165, 1.54) is 5.69 Å². The van der Waals surface area contributed by atoms with Gasteiger partial charge in [-0.05, 0) is 35.9 Å². The largest absolute Gasteiger partial charge is 0.368 e. The Labute approximate surface area is 147 Å². The number of anilines is 2. The molecule has 2 aliphatic rings. The van der Waals surface area contributed by atoms with Crippen LogP contribution in [0.15, 0.2) is 48.5 Å². The molecule has 2 heterocycles. The number of carbonyl (C=O) groups is 2. The van der Waals surface area contributed by atoms with E-state index in [-0.39, 0.29) is 11.8 Å². The number of fused-ring (bicyclic) bond motifs is 1. The molecule has 0 atom stereocenters. The zero-order chi connectivity index (χ0) is 17.4. The molecule has 0 bridgehead atoms. The van der Waals surface area contributed by atoms with Crippen LogP contribution in [0.2, 0.25) is 0 Å². The summed E-state index contributed by atoms with van der Waals surface area (Å²) < 4.78 is 0. The Hall–Kier alpha value is -2.82. The van der Waals surface area contributed by atoms with Gasteiger partial charge in [-0.15, -0.1) is 0 Å². The first-order valence-corrected chi connectivity index (χ1v) is 8.62. The monoisotopic (exact) mass is 335 g/mol. The van der Waals surface area contributed by atoms with Crippen molar-refractivity contribution in [2.75, 3.05) is 43.0 Å². The number of rotatable bonds is 2. The molecular formula is C20H21N3O2. The third-order valence-electron chi connectivity index (χ3n) is 5.09. The SMILES string of the molecule is CN1C(=O)Cc2cc(C(=O)N3CCN(c4ccccc4)CC3)ccc21. The Kier molecular flexibility index (Phi) is 3.92. The van der Waals surface area contributed by atoms with Crippen LogP contribution in [-0.2, 0) is 11.2 Å². The number of hydrogen-bond acceptors (Lipinski definition) is 3. The van der Waals surface area contributed by atoms with Crippen molar-refractivity contribution in [3.63, 3.8) is 0 Å². The van der Waals surface area contributed by atoms with E-state index < -0.39 is 0 Å². The minimum Gasteiger partial charge on any atom is -0.368 e. The maximum Gasteiger partial charge on any atom is 0.253 e. The molecule has 25 heavy (non-hydrogen) atoms. The molecule has 4 rings (SSSR count). The second kappa shape index (κ2) is 6.24. The van der Waals surface area contributed by atoms with Crippen molar-refractivity contribution in [1.82, 2.24) is 4.90 Å². The van der Waals surface area contributed by atoms with Gasteiger partial charge in [-0.3, -0.25) is 9.59 Å². The molecule has 128 valence electrons. The quantitative estimate of drug-likeness (QED) is 0.845. The zero-order valence-corrected chi connectivity index (χ0v) is 14.3. The molecule has 2 aliphatic heterocycles. The van der Waals surface area contributed by atoms with Crippen molar-refractivity contribution in [3.8, 4) is 0 Å². The first-order valence-electron chi connectivity index (χ1n) is 8.62. The zero-order valence-electron chi connectivity index (χ0n) is 14.3. The maximum absolute atomic E-state index is 12.8. The molecule has 5 nitrogen and oxygen atoms in total. The topological polar surface area (TPSA) is 43.9 Å². The van der Waals surface area contributed by atoms with Crippen LogP contribution < -0.4 is 9.80 Å². The van der Waals surface area contributed by atoms with Gasteiger partial charge in [0.05, 0.1) is 6.42 Å². The van der Waals surface area contributed by atoms with Crippen LogP contribution in [0.4, 0.5) is 11.4 Å². The summed E-state index contributed by atoms with van der Waals surface area (Å²) >= 11 is 0. The van der Waals surface area contributed by atoms with E-state index in [1.807, 2.05) is 41.3 Å². The number of amides is 2. The van der Waals surface area contributed by atoms with E-state index in [9.17, 15) is 9.59 Å². The molecule has 0 saturated carbocycles. The minimum absolute atomic E-state index is 0.0533. The number of piperazine rings is 1. The van der Waals surface area contributed by atoms with Gasteiger partial charge in [-0.2, -0.15) is 0 Å². The fraction of sp³-hybridized carbons (Fsp3) is 0.300. The van der Waals surface area contributed by atoms with Gasteiger partial charge in [-0.1, -0.05) is 18.2 Å². The summed E-state index contributed by atoms with van der Waals surface area (Å²) in [5, 5.41) is 0. The molecular weight excluding hydrogens is 314 g/mol. The smallest absolute Gasteiger partial charge is 0.253 e. The van der Waals surface area contributed by atoms with Crippen LogP contribution in [0.5, 0.6) is 0 Å². The summed E-state index contributed by atoms with van der Waals surface area (Å²) in [4.78, 5) is 30.5. The number of likely N-dealkylation sites (N-methyl/N-ethyl adjacent to an activating group) is 1. The van der Waals surface area contributed by atoms with E-state index >= 15 is 0 Å². The van der Waals surface area contributed by atoms with Crippen LogP contribution in [0.1, 0.15) is 15.9 Å². The average molecular weight is 335 g/mol. The molecule has 0 aliphatic carbocycles. The van der Waals surface area contributed by atoms with Crippen molar-refractivity contribution >= 4 is 23.2 Å². The summed E-state index contributed by atoms with van der Waals surface area (Å²) in [6.07, 6.45) is 0.384. The highest BCUT2D eigenvalue weighted by molar-refractivity contribution is 6.03. The van der Waals surface area contributed by atoms with Crippen LogP contribution in [0.25, 0.3) is 0 Å². The van der Waals surface area contributed by atoms with Crippen molar-refractivity contribution in [1.29, 1.82) is 0 Å². The van der Waals surface area contributed by atoms with E-state index in [2.05, 4.69) is 17.0 Å². The standard InChI is InChI=1S/C20H21N3O2/c1-21-18-8-7-15(13-16(18)14-19(21)24)20(25)23-11-9-22(10-12-23)17-5-3-2-4-6-17/h2-8,13H,9-12,14H2,1H3. The summed E-state index contributed by atoms with van der Waals surface area (Å²) in [5.74, 6) is 0.133. The predicted molar refractivity (Wildman–Crippen MR) is 98.1 cm³/mol. The normalized spacial score (nSPS) is 17.0. The van der Waals surface area contributed by atoms with E-state index in [0.29, 0.717) is 25.1 Å². The molecule has 1 saturated heterocycles. The average Bonchev–Trinajstić information content (AvgIpc) is 2.95. The molecule has 0 N–H and O–H groups in total. The lowest BCUT2D eigenvalue weighted by Crippen LogP contribution is -2.48. The third kappa shape index (κ3) is 2.86. The molecule has 0 spiro atoms. The van der Waals surface area contributed by atoms with Gasteiger partial charge in [-0.25, -0.2) is 0 Å². The molecule has 1 fully saturated rings. The summed E-state index contributed by atoms with van der Waals surface area (Å²) in [5.41, 5.74) is 3.74. The van der Waals surface area contributed by atoms with Gasteiger partial charge in [0.15, 0.2) is 0 Å². The second-order valence-corrected chi connectivity index (χ2v) is 6.59. The molecule has 2 amide bonds. The minimum atomic E-state index is 0.0533. The summed E-state index contributed by atoms with van der Waals surface area (Å²) in [7, 11) is 1.78. The highest BCUT2D eigenvalue weighted by atomic mass is 16.2. The number of para-hydroxylation sites is 1. The molecule has 5 heteroatoms. The molecule has 0 radical (unpaired) electrons. The van der Waals surface area contributed by atoms with Gasteiger partial charge in [0.1, 0.15) is 0 Å². The Balaban J connectivity index is 1.45. The lowest BCUT2D eigenvalue weighted by Gasteiger charge is -2.36. The number of benzene rings is 2. The molecule has 2 aromatic carbocycles. The van der Waals surface area contributed by atoms with Gasteiger partial charge >= 0.3 is 0 Å². The van der Waals surface area contributed by atoms with Crippen LogP contribution in [0.3, 0.4) is 0 Å². The van der Waals surface area contributed by atoms with E-state index in [4.69, 9.17) is 0 Å². The van der Waals surface area contributed by atoms with Crippen LogP contribution in [0, 0.1) is 0 Å². The maximum atomic E-state index is 12.8. The van der Waals surface area contributed by atoms with E-state index in [1.54, 1.807) is 11.9 Å². The Bertz CT molecular complexity index is 811. The third-order valence-corrected chi connectivity index (χ3v) is 5.09. The first-order chi connectivity index (χ1) is 12.1. The van der Waals surface area contributed by atoms with Gasteiger partial charge < -0.3 is 14.7 Å². The fourth-order valence-corrected chi connectivity index (χ4v) is 3.59. The highest BCUT2D eigenvalue weighted by Crippen LogP contribution is 2.29. The molecule has 0 aromatic heterocycles. The van der Waals surface area contributed by atoms with Gasteiger partial charge in [0.25, 0.3) is 5.91 Å². The van der Waals surface area contributed by atoms with Crippen molar-refractivity contribution in [2.45, 2.75) is 6.42 Å². The Morgan fingerprint density at radius 3 is 2.40 bits per heavy atom. The second-order valence-electron chi connectivity index (χ2n) is 6.59. The Morgan fingerprint density at radius 1 is 0.960 bits per heavy atom. The lowest BCUT2D eigenvalue weighted by atomic mass is 10.1. The first kappa shape index (κ1) is 15.7. The summed E-state index contributed by atoms with van der Waals surface area (Å²) in [6, 6.07) is 15.9. The number of nitrogens with zero attached hydrogens (tertiary/aromatic N) is 3. The Morgan fingerprint density at radius 2 is 1.68 bits per heavy atom. The van der Waals surface area contributed by atoms with Crippen LogP contribution >= 0.6 is 0 Å². The molecule has 2 aromatic rings. The van der Waals surface area contributed by atoms with Gasteiger partial charge in [0, 0.05) is 50.2 Å². The number of carbonyl (C=O) groups excluding carboxylic acids is 2. The van der Waals surface area contributed by atoms with Crippen LogP contribution in [-0.4, -0.2) is 49.9 Å². The van der Waals surface area contributed by atoms with E-state index in [0.717, 1.165) is 24.3 Å².